The van der Waals surface area contributed by atoms with E-state index in [0.717, 1.165) is 6.26 Å². The summed E-state index contributed by atoms with van der Waals surface area (Å²) in [5.74, 6) is -3.26. The van der Waals surface area contributed by atoms with E-state index in [1.54, 1.807) is 13.0 Å². The number of hydrogen-bond acceptors (Lipinski definition) is 11. The van der Waals surface area contributed by atoms with Crippen LogP contribution in [-0.4, -0.2) is 97.4 Å². The maximum Gasteiger partial charge on any atom is 0.334 e. The molecule has 0 amide bonds. The molecule has 2 fully saturated rings. The molecule has 2 aliphatic heterocycles. The van der Waals surface area contributed by atoms with Crippen LogP contribution in [0.25, 0.3) is 0 Å². The molecule has 0 bridgehead atoms. The van der Waals surface area contributed by atoms with Gasteiger partial charge in [0.15, 0.2) is 6.29 Å². The van der Waals surface area contributed by atoms with Crippen LogP contribution in [0.5, 0.6) is 0 Å². The van der Waals surface area contributed by atoms with Crippen LogP contribution in [-0.2, 0) is 28.5 Å². The molecule has 38 heavy (non-hydrogen) atoms. The van der Waals surface area contributed by atoms with Crippen molar-refractivity contribution in [3.8, 4) is 0 Å². The third-order valence-electron chi connectivity index (χ3n) is 7.56. The topological polar surface area (TPSA) is 192 Å². The third-order valence-corrected chi connectivity index (χ3v) is 7.56. The first-order valence-electron chi connectivity index (χ1n) is 12.5. The highest BCUT2D eigenvalue weighted by Crippen LogP contribution is 2.49. The minimum absolute atomic E-state index is 0.00508. The van der Waals surface area contributed by atoms with Crippen LogP contribution >= 0.6 is 0 Å². The van der Waals surface area contributed by atoms with Gasteiger partial charge in [0.25, 0.3) is 0 Å². The number of ether oxygens (including phenoxy) is 4. The Hall–Kier alpha value is -2.32. The number of carbonyl (C=O) groups excluding carboxylic acids is 1. The molecule has 2 heterocycles. The van der Waals surface area contributed by atoms with Crippen molar-refractivity contribution < 1.29 is 59.2 Å². The van der Waals surface area contributed by atoms with Crippen LogP contribution in [0.15, 0.2) is 36.1 Å². The minimum Gasteiger partial charge on any atom is -0.478 e. The fourth-order valence-corrected chi connectivity index (χ4v) is 5.03. The molecular weight excluding hydrogens is 504 g/mol. The van der Waals surface area contributed by atoms with E-state index < -0.39 is 78.6 Å². The molecule has 3 unspecified atom stereocenters. The second-order valence-corrected chi connectivity index (χ2v) is 10.6. The number of fused-ring (bicyclic) bond motifs is 1. The molecule has 12 heteroatoms. The van der Waals surface area contributed by atoms with Crippen molar-refractivity contribution in [2.24, 2.45) is 11.8 Å². The zero-order chi connectivity index (χ0) is 28.4. The normalized spacial score (nSPS) is 38.8. The van der Waals surface area contributed by atoms with E-state index in [-0.39, 0.29) is 11.1 Å². The number of esters is 1. The number of carboxylic acids is 1. The van der Waals surface area contributed by atoms with E-state index >= 15 is 0 Å². The summed E-state index contributed by atoms with van der Waals surface area (Å²) in [7, 11) is 0. The van der Waals surface area contributed by atoms with Crippen molar-refractivity contribution in [1.29, 1.82) is 0 Å². The number of carbonyl (C=O) groups is 2. The highest BCUT2D eigenvalue weighted by Gasteiger charge is 2.56. The molecule has 1 saturated heterocycles. The van der Waals surface area contributed by atoms with Gasteiger partial charge in [0.2, 0.25) is 6.29 Å². The first-order valence-corrected chi connectivity index (χ1v) is 12.5. The van der Waals surface area contributed by atoms with Gasteiger partial charge in [0.1, 0.15) is 31.0 Å². The zero-order valence-corrected chi connectivity index (χ0v) is 21.7. The second-order valence-electron chi connectivity index (χ2n) is 10.6. The van der Waals surface area contributed by atoms with Gasteiger partial charge in [-0.2, -0.15) is 0 Å². The summed E-state index contributed by atoms with van der Waals surface area (Å²) in [5.41, 5.74) is -2.16. The number of allylic oxidation sites excluding steroid dienone is 1. The fourth-order valence-electron chi connectivity index (χ4n) is 5.03. The first kappa shape index (κ1) is 30.2. The number of carboxylic acid groups (broad SMARTS) is 1. The Morgan fingerprint density at radius 2 is 1.92 bits per heavy atom. The Balaban J connectivity index is 1.65. The standard InChI is InChI=1S/C26H38O12/c1-5-25(3,33)9-6-7-13(2)22(32)35-12-16-18(27)19(28)20(29)24(37-16)38-23-17-14(8-10-26(17,4)34)15(11-36-23)21(30)31/h5,7,11,14,16-20,23-24,27-29,33-34H,1,6,8-10,12H2,2-4H3,(H,30,31)/b13-7+/t14?,16-,17?,18-,19+,20-,23+,24+,25?,26+/m1/s1. The number of aliphatic hydroxyl groups is 5. The maximum atomic E-state index is 12.4. The second kappa shape index (κ2) is 11.8. The molecule has 1 saturated carbocycles. The lowest BCUT2D eigenvalue weighted by Gasteiger charge is -2.44. The highest BCUT2D eigenvalue weighted by molar-refractivity contribution is 5.88. The Morgan fingerprint density at radius 1 is 1.24 bits per heavy atom. The molecule has 6 N–H and O–H groups in total. The lowest BCUT2D eigenvalue weighted by molar-refractivity contribution is -0.346. The summed E-state index contributed by atoms with van der Waals surface area (Å²) in [6.45, 7) is 7.73. The molecule has 0 aromatic heterocycles. The molecule has 0 spiro atoms. The molecule has 0 aromatic carbocycles. The van der Waals surface area contributed by atoms with E-state index in [1.165, 1.54) is 19.9 Å². The van der Waals surface area contributed by atoms with Crippen LogP contribution in [0, 0.1) is 11.8 Å². The maximum absolute atomic E-state index is 12.4. The summed E-state index contributed by atoms with van der Waals surface area (Å²) in [5, 5.41) is 61.6. The molecule has 3 aliphatic rings. The van der Waals surface area contributed by atoms with E-state index in [1.807, 2.05) is 0 Å². The van der Waals surface area contributed by atoms with E-state index in [2.05, 4.69) is 6.58 Å². The summed E-state index contributed by atoms with van der Waals surface area (Å²) in [6.07, 6.45) is -3.65. The fraction of sp³-hybridized carbons (Fsp3) is 0.692. The van der Waals surface area contributed by atoms with E-state index in [9.17, 15) is 40.2 Å². The van der Waals surface area contributed by atoms with Crippen molar-refractivity contribution in [2.45, 2.75) is 94.7 Å². The third kappa shape index (κ3) is 6.63. The Bertz CT molecular complexity index is 954. The van der Waals surface area contributed by atoms with Crippen LogP contribution < -0.4 is 0 Å². The smallest absolute Gasteiger partial charge is 0.334 e. The average molecular weight is 543 g/mol. The lowest BCUT2D eigenvalue weighted by Crippen LogP contribution is -2.61. The summed E-state index contributed by atoms with van der Waals surface area (Å²) in [4.78, 5) is 24.0. The number of aliphatic carboxylic acids is 1. The first-order chi connectivity index (χ1) is 17.7. The highest BCUT2D eigenvalue weighted by atomic mass is 16.8. The summed E-state index contributed by atoms with van der Waals surface area (Å²) < 4.78 is 22.1. The quantitative estimate of drug-likeness (QED) is 0.124. The molecule has 1 aliphatic carbocycles. The molecular formula is C26H38O12. The SMILES string of the molecule is C=CC(C)(O)CC/C=C(\C)C(=O)OC[C@H]1O[C@@H](O[C@@H]2OC=C(C(=O)O)C3CC[C@](C)(O)C32)[C@H](O)[C@@H](O)[C@@H]1O. The van der Waals surface area contributed by atoms with Gasteiger partial charge in [-0.25, -0.2) is 9.59 Å². The largest absolute Gasteiger partial charge is 0.478 e. The Labute approximate surface area is 220 Å². The van der Waals surface area contributed by atoms with Crippen molar-refractivity contribution in [3.05, 3.63) is 36.1 Å². The van der Waals surface area contributed by atoms with Crippen LogP contribution in [0.2, 0.25) is 0 Å². The van der Waals surface area contributed by atoms with Crippen molar-refractivity contribution >= 4 is 11.9 Å². The monoisotopic (exact) mass is 542 g/mol. The van der Waals surface area contributed by atoms with Gasteiger partial charge in [-0.3, -0.25) is 0 Å². The van der Waals surface area contributed by atoms with Gasteiger partial charge in [-0.15, -0.1) is 6.58 Å². The average Bonchev–Trinajstić information content (AvgIpc) is 3.18. The number of aliphatic hydroxyl groups excluding tert-OH is 3. The predicted octanol–water partition coefficient (Wildman–Crippen LogP) is 0.119. The van der Waals surface area contributed by atoms with Gasteiger partial charge < -0.3 is 49.6 Å². The molecule has 0 radical (unpaired) electrons. The summed E-state index contributed by atoms with van der Waals surface area (Å²) in [6, 6.07) is 0. The van der Waals surface area contributed by atoms with Gasteiger partial charge >= 0.3 is 11.9 Å². The van der Waals surface area contributed by atoms with Gasteiger partial charge in [0.05, 0.1) is 29.0 Å². The van der Waals surface area contributed by atoms with E-state index in [4.69, 9.17) is 18.9 Å². The van der Waals surface area contributed by atoms with Crippen LogP contribution in [0.4, 0.5) is 0 Å². The lowest BCUT2D eigenvalue weighted by atomic mass is 9.81. The Morgan fingerprint density at radius 3 is 2.55 bits per heavy atom. The number of hydrogen-bond donors (Lipinski definition) is 6. The molecule has 10 atom stereocenters. The molecule has 0 aromatic rings. The summed E-state index contributed by atoms with van der Waals surface area (Å²) >= 11 is 0. The number of rotatable bonds is 10. The van der Waals surface area contributed by atoms with Crippen molar-refractivity contribution in [1.82, 2.24) is 0 Å². The molecule has 3 rings (SSSR count). The molecule has 214 valence electrons. The van der Waals surface area contributed by atoms with Crippen LogP contribution in [0.1, 0.15) is 46.5 Å². The van der Waals surface area contributed by atoms with Crippen molar-refractivity contribution in [3.63, 3.8) is 0 Å². The predicted molar refractivity (Wildman–Crippen MR) is 130 cm³/mol. The zero-order valence-electron chi connectivity index (χ0n) is 21.7. The Kier molecular flexibility index (Phi) is 9.40. The van der Waals surface area contributed by atoms with E-state index in [0.29, 0.717) is 25.7 Å². The minimum atomic E-state index is -1.72. The van der Waals surface area contributed by atoms with Gasteiger partial charge in [0, 0.05) is 11.5 Å². The molecule has 12 nitrogen and oxygen atoms in total. The van der Waals surface area contributed by atoms with Crippen molar-refractivity contribution in [2.75, 3.05) is 6.61 Å². The van der Waals surface area contributed by atoms with Crippen LogP contribution in [0.3, 0.4) is 0 Å². The van der Waals surface area contributed by atoms with Gasteiger partial charge in [-0.05, 0) is 46.5 Å². The van der Waals surface area contributed by atoms with Gasteiger partial charge in [-0.1, -0.05) is 12.2 Å².